The number of piperazine rings is 1. The molecule has 0 saturated carbocycles. The lowest BCUT2D eigenvalue weighted by Crippen LogP contribution is -2.53. The number of hydrogen-bond donors (Lipinski definition) is 1. The lowest BCUT2D eigenvalue weighted by molar-refractivity contribution is -0.133. The Morgan fingerprint density at radius 1 is 1.33 bits per heavy atom. The van der Waals surface area contributed by atoms with Crippen molar-refractivity contribution in [1.82, 2.24) is 15.1 Å². The van der Waals surface area contributed by atoms with Crippen LogP contribution in [-0.2, 0) is 4.79 Å². The standard InChI is InChI=1S/C13H27N3O.ClH/c1-4-7-15(8-5-2)13(17)11-16-9-6-14-10-12(16)3;/h12,14H,4-11H2,1-3H3;1H/t12-;/m1./s1. The third-order valence-electron chi connectivity index (χ3n) is 3.32. The molecule has 1 atom stereocenters. The van der Waals surface area contributed by atoms with E-state index in [-0.39, 0.29) is 12.4 Å². The molecule has 1 heterocycles. The van der Waals surface area contributed by atoms with Crippen LogP contribution in [0.5, 0.6) is 0 Å². The molecule has 0 radical (unpaired) electrons. The zero-order valence-electron chi connectivity index (χ0n) is 11.9. The minimum atomic E-state index is 0. The first kappa shape index (κ1) is 17.7. The van der Waals surface area contributed by atoms with E-state index >= 15 is 0 Å². The van der Waals surface area contributed by atoms with Crippen LogP contribution < -0.4 is 5.32 Å². The van der Waals surface area contributed by atoms with E-state index in [1.807, 2.05) is 4.90 Å². The fraction of sp³-hybridized carbons (Fsp3) is 0.923. The van der Waals surface area contributed by atoms with Gasteiger partial charge in [0.2, 0.25) is 5.91 Å². The number of amides is 1. The van der Waals surface area contributed by atoms with Crippen molar-refractivity contribution in [1.29, 1.82) is 0 Å². The summed E-state index contributed by atoms with van der Waals surface area (Å²) in [6.07, 6.45) is 2.09. The molecular formula is C13H28ClN3O. The first-order valence-corrected chi connectivity index (χ1v) is 6.91. The van der Waals surface area contributed by atoms with E-state index in [4.69, 9.17) is 0 Å². The van der Waals surface area contributed by atoms with Crippen molar-refractivity contribution in [3.05, 3.63) is 0 Å². The molecule has 5 heteroatoms. The van der Waals surface area contributed by atoms with Gasteiger partial charge in [-0.25, -0.2) is 0 Å². The normalized spacial score (nSPS) is 20.3. The molecule has 0 spiro atoms. The molecule has 1 aliphatic rings. The van der Waals surface area contributed by atoms with Gasteiger partial charge in [0.15, 0.2) is 0 Å². The molecule has 18 heavy (non-hydrogen) atoms. The molecule has 1 aliphatic heterocycles. The number of carbonyl (C=O) groups is 1. The van der Waals surface area contributed by atoms with Crippen molar-refractivity contribution in [2.75, 3.05) is 39.3 Å². The van der Waals surface area contributed by atoms with Gasteiger partial charge < -0.3 is 10.2 Å². The zero-order valence-corrected chi connectivity index (χ0v) is 12.8. The quantitative estimate of drug-likeness (QED) is 0.796. The average Bonchev–Trinajstić information content (AvgIpc) is 2.32. The van der Waals surface area contributed by atoms with Gasteiger partial charge in [0.25, 0.3) is 0 Å². The first-order chi connectivity index (χ1) is 8.19. The summed E-state index contributed by atoms with van der Waals surface area (Å²) in [5.41, 5.74) is 0. The van der Waals surface area contributed by atoms with Gasteiger partial charge in [-0.05, 0) is 19.8 Å². The summed E-state index contributed by atoms with van der Waals surface area (Å²) in [6, 6.07) is 0.470. The summed E-state index contributed by atoms with van der Waals surface area (Å²) < 4.78 is 0. The van der Waals surface area contributed by atoms with Crippen molar-refractivity contribution in [2.45, 2.75) is 39.7 Å². The molecule has 1 N–H and O–H groups in total. The summed E-state index contributed by atoms with van der Waals surface area (Å²) in [7, 11) is 0. The predicted octanol–water partition coefficient (Wildman–Crippen LogP) is 1.35. The molecular weight excluding hydrogens is 250 g/mol. The molecule has 0 unspecified atom stereocenters. The van der Waals surface area contributed by atoms with E-state index < -0.39 is 0 Å². The highest BCUT2D eigenvalue weighted by atomic mass is 35.5. The van der Waals surface area contributed by atoms with Crippen LogP contribution in [0, 0.1) is 0 Å². The van der Waals surface area contributed by atoms with Crippen molar-refractivity contribution in [2.24, 2.45) is 0 Å². The maximum Gasteiger partial charge on any atom is 0.236 e. The number of carbonyl (C=O) groups excluding carboxylic acids is 1. The smallest absolute Gasteiger partial charge is 0.236 e. The van der Waals surface area contributed by atoms with Crippen molar-refractivity contribution >= 4 is 18.3 Å². The maximum atomic E-state index is 12.2. The third kappa shape index (κ3) is 5.55. The van der Waals surface area contributed by atoms with Crippen LogP contribution in [0.15, 0.2) is 0 Å². The van der Waals surface area contributed by atoms with Crippen LogP contribution in [0.1, 0.15) is 33.6 Å². The SMILES string of the molecule is CCCN(CCC)C(=O)CN1CCNC[C@H]1C.Cl. The van der Waals surface area contributed by atoms with Crippen LogP contribution in [0.2, 0.25) is 0 Å². The Balaban J connectivity index is 0.00000289. The predicted molar refractivity (Wildman–Crippen MR) is 78.3 cm³/mol. The monoisotopic (exact) mass is 277 g/mol. The van der Waals surface area contributed by atoms with E-state index in [0.29, 0.717) is 18.5 Å². The fourth-order valence-electron chi connectivity index (χ4n) is 2.29. The topological polar surface area (TPSA) is 35.6 Å². The van der Waals surface area contributed by atoms with Crippen LogP contribution in [0.3, 0.4) is 0 Å². The van der Waals surface area contributed by atoms with Gasteiger partial charge in [-0.2, -0.15) is 0 Å². The van der Waals surface area contributed by atoms with E-state index in [9.17, 15) is 4.79 Å². The summed E-state index contributed by atoms with van der Waals surface area (Å²) in [4.78, 5) is 16.5. The molecule has 0 aromatic heterocycles. The Morgan fingerprint density at radius 3 is 2.44 bits per heavy atom. The summed E-state index contributed by atoms with van der Waals surface area (Å²) in [6.45, 7) is 11.8. The van der Waals surface area contributed by atoms with Gasteiger partial charge in [0, 0.05) is 38.8 Å². The van der Waals surface area contributed by atoms with Crippen LogP contribution in [0.4, 0.5) is 0 Å². The number of halogens is 1. The molecule has 108 valence electrons. The molecule has 0 aromatic carbocycles. The Hall–Kier alpha value is -0.320. The molecule has 0 aliphatic carbocycles. The maximum absolute atomic E-state index is 12.2. The van der Waals surface area contributed by atoms with Gasteiger partial charge in [-0.15, -0.1) is 12.4 Å². The van der Waals surface area contributed by atoms with E-state index in [2.05, 4.69) is 31.0 Å². The van der Waals surface area contributed by atoms with Crippen molar-refractivity contribution in [3.63, 3.8) is 0 Å². The molecule has 4 nitrogen and oxygen atoms in total. The van der Waals surface area contributed by atoms with Crippen LogP contribution in [-0.4, -0.2) is 61.0 Å². The van der Waals surface area contributed by atoms with E-state index in [1.165, 1.54) is 0 Å². The summed E-state index contributed by atoms with van der Waals surface area (Å²) in [5, 5.41) is 3.35. The van der Waals surface area contributed by atoms with Crippen molar-refractivity contribution in [3.8, 4) is 0 Å². The number of nitrogens with zero attached hydrogens (tertiary/aromatic N) is 2. The second-order valence-corrected chi connectivity index (χ2v) is 4.90. The van der Waals surface area contributed by atoms with Gasteiger partial charge in [0.1, 0.15) is 0 Å². The van der Waals surface area contributed by atoms with E-state index in [1.54, 1.807) is 0 Å². The van der Waals surface area contributed by atoms with Gasteiger partial charge in [-0.3, -0.25) is 9.69 Å². The lowest BCUT2D eigenvalue weighted by Gasteiger charge is -2.34. The second-order valence-electron chi connectivity index (χ2n) is 4.90. The Bertz CT molecular complexity index is 232. The molecule has 1 amide bonds. The second kappa shape index (κ2) is 9.59. The largest absolute Gasteiger partial charge is 0.342 e. The summed E-state index contributed by atoms with van der Waals surface area (Å²) >= 11 is 0. The third-order valence-corrected chi connectivity index (χ3v) is 3.32. The fourth-order valence-corrected chi connectivity index (χ4v) is 2.29. The number of hydrogen-bond acceptors (Lipinski definition) is 3. The lowest BCUT2D eigenvalue weighted by atomic mass is 10.2. The molecule has 1 saturated heterocycles. The first-order valence-electron chi connectivity index (χ1n) is 6.91. The van der Waals surface area contributed by atoms with Crippen LogP contribution >= 0.6 is 12.4 Å². The highest BCUT2D eigenvalue weighted by Gasteiger charge is 2.22. The van der Waals surface area contributed by atoms with Crippen molar-refractivity contribution < 1.29 is 4.79 Å². The highest BCUT2D eigenvalue weighted by Crippen LogP contribution is 2.04. The highest BCUT2D eigenvalue weighted by molar-refractivity contribution is 5.85. The number of nitrogens with one attached hydrogen (secondary N) is 1. The minimum absolute atomic E-state index is 0. The zero-order chi connectivity index (χ0) is 12.7. The van der Waals surface area contributed by atoms with E-state index in [0.717, 1.165) is 45.6 Å². The Labute approximate surface area is 117 Å². The van der Waals surface area contributed by atoms with Gasteiger partial charge in [0.05, 0.1) is 6.54 Å². The minimum Gasteiger partial charge on any atom is -0.342 e. The van der Waals surface area contributed by atoms with Gasteiger partial charge >= 0.3 is 0 Å². The van der Waals surface area contributed by atoms with Crippen LogP contribution in [0.25, 0.3) is 0 Å². The number of rotatable bonds is 6. The average molecular weight is 278 g/mol. The summed E-state index contributed by atoms with van der Waals surface area (Å²) in [5.74, 6) is 0.294. The molecule has 0 aromatic rings. The molecule has 1 rings (SSSR count). The molecule has 1 fully saturated rings. The van der Waals surface area contributed by atoms with Gasteiger partial charge in [-0.1, -0.05) is 13.8 Å². The molecule has 0 bridgehead atoms. The Morgan fingerprint density at radius 2 is 1.94 bits per heavy atom. The Kier molecular flexibility index (Phi) is 9.42.